The first-order valence-corrected chi connectivity index (χ1v) is 10.2. The topological polar surface area (TPSA) is 45.5 Å². The molecule has 0 saturated carbocycles. The normalized spacial score (nSPS) is 17.1. The molecular weight excluding hydrogens is 364 g/mol. The van der Waals surface area contributed by atoms with Crippen LogP contribution in [-0.4, -0.2) is 29.1 Å². The third-order valence-electron chi connectivity index (χ3n) is 4.47. The predicted molar refractivity (Wildman–Crippen MR) is 112 cm³/mol. The number of nitrogens with zero attached hydrogens (tertiary/aromatic N) is 1. The van der Waals surface area contributed by atoms with Crippen LogP contribution in [0.5, 0.6) is 0 Å². The van der Waals surface area contributed by atoms with Gasteiger partial charge in [-0.2, -0.15) is 11.8 Å². The molecule has 1 aliphatic heterocycles. The summed E-state index contributed by atoms with van der Waals surface area (Å²) in [7, 11) is 0. The van der Waals surface area contributed by atoms with Crippen LogP contribution in [0.15, 0.2) is 59.0 Å². The summed E-state index contributed by atoms with van der Waals surface area (Å²) in [6.07, 6.45) is 2.81. The zero-order valence-electron chi connectivity index (χ0n) is 14.3. The zero-order chi connectivity index (χ0) is 18.1. The SMILES string of the molecule is CSCC[C@H]1NC(=S)N(c2ccc(-c3cc4ccccc4o3)cc2)C1=O. The lowest BCUT2D eigenvalue weighted by molar-refractivity contribution is -0.118. The lowest BCUT2D eigenvalue weighted by atomic mass is 10.1. The van der Waals surface area contributed by atoms with Gasteiger partial charge in [0.15, 0.2) is 5.11 Å². The largest absolute Gasteiger partial charge is 0.456 e. The van der Waals surface area contributed by atoms with E-state index in [1.807, 2.05) is 60.9 Å². The van der Waals surface area contributed by atoms with Crippen molar-refractivity contribution < 1.29 is 9.21 Å². The molecule has 1 amide bonds. The Morgan fingerprint density at radius 2 is 1.96 bits per heavy atom. The third-order valence-corrected chi connectivity index (χ3v) is 5.41. The fraction of sp³-hybridized carbons (Fsp3) is 0.200. The zero-order valence-corrected chi connectivity index (χ0v) is 15.9. The molecule has 2 heterocycles. The maximum Gasteiger partial charge on any atom is 0.255 e. The van der Waals surface area contributed by atoms with Crippen LogP contribution >= 0.6 is 24.0 Å². The number of anilines is 1. The van der Waals surface area contributed by atoms with Crippen LogP contribution in [0.4, 0.5) is 5.69 Å². The molecule has 132 valence electrons. The van der Waals surface area contributed by atoms with Crippen LogP contribution in [0.1, 0.15) is 6.42 Å². The maximum absolute atomic E-state index is 12.6. The van der Waals surface area contributed by atoms with E-state index in [0.29, 0.717) is 5.11 Å². The number of fused-ring (bicyclic) bond motifs is 1. The second-order valence-electron chi connectivity index (χ2n) is 6.15. The molecule has 4 rings (SSSR count). The standard InChI is InChI=1S/C20H18N2O2S2/c1-26-11-10-16-19(23)22(20(25)21-16)15-8-6-13(7-9-15)18-12-14-4-2-3-5-17(14)24-18/h2-9,12,16H,10-11H2,1H3,(H,21,25)/t16-/m1/s1. The number of carbonyl (C=O) groups is 1. The number of amides is 1. The fourth-order valence-electron chi connectivity index (χ4n) is 3.11. The van der Waals surface area contributed by atoms with Gasteiger partial charge >= 0.3 is 0 Å². The Kier molecular flexibility index (Phi) is 4.70. The number of furan rings is 1. The molecule has 1 fully saturated rings. The fourth-order valence-corrected chi connectivity index (χ4v) is 3.92. The number of carbonyl (C=O) groups excluding carboxylic acids is 1. The number of hydrogen-bond donors (Lipinski definition) is 1. The Morgan fingerprint density at radius 3 is 2.69 bits per heavy atom. The van der Waals surface area contributed by atoms with E-state index in [9.17, 15) is 4.79 Å². The maximum atomic E-state index is 12.6. The summed E-state index contributed by atoms with van der Waals surface area (Å²) in [4.78, 5) is 14.2. The highest BCUT2D eigenvalue weighted by molar-refractivity contribution is 7.98. The molecule has 1 aliphatic rings. The lowest BCUT2D eigenvalue weighted by Crippen LogP contribution is -2.31. The van der Waals surface area contributed by atoms with Gasteiger partial charge in [-0.25, -0.2) is 0 Å². The van der Waals surface area contributed by atoms with Crippen molar-refractivity contribution in [3.8, 4) is 11.3 Å². The molecule has 0 aliphatic carbocycles. The van der Waals surface area contributed by atoms with Gasteiger partial charge in [0.05, 0.1) is 5.69 Å². The van der Waals surface area contributed by atoms with Crippen molar-refractivity contribution in [2.24, 2.45) is 0 Å². The molecule has 26 heavy (non-hydrogen) atoms. The average Bonchev–Trinajstić information content (AvgIpc) is 3.21. The minimum absolute atomic E-state index is 0.0144. The Labute approximate surface area is 161 Å². The summed E-state index contributed by atoms with van der Waals surface area (Å²) in [6.45, 7) is 0. The first kappa shape index (κ1) is 17.1. The summed E-state index contributed by atoms with van der Waals surface area (Å²) in [5.41, 5.74) is 2.61. The minimum Gasteiger partial charge on any atom is -0.456 e. The molecule has 0 bridgehead atoms. The van der Waals surface area contributed by atoms with Crippen LogP contribution in [0.2, 0.25) is 0 Å². The Morgan fingerprint density at radius 1 is 1.19 bits per heavy atom. The van der Waals surface area contributed by atoms with E-state index < -0.39 is 0 Å². The van der Waals surface area contributed by atoms with Gasteiger partial charge in [0.2, 0.25) is 0 Å². The van der Waals surface area contributed by atoms with Gasteiger partial charge < -0.3 is 9.73 Å². The summed E-state index contributed by atoms with van der Waals surface area (Å²) >= 11 is 7.09. The van der Waals surface area contributed by atoms with Gasteiger partial charge in [-0.1, -0.05) is 18.2 Å². The number of hydrogen-bond acceptors (Lipinski definition) is 4. The van der Waals surface area contributed by atoms with Gasteiger partial charge in [-0.3, -0.25) is 9.69 Å². The number of rotatable bonds is 5. The molecule has 0 spiro atoms. The Bertz CT molecular complexity index is 932. The van der Waals surface area contributed by atoms with Crippen LogP contribution in [0.25, 0.3) is 22.3 Å². The van der Waals surface area contributed by atoms with Crippen molar-refractivity contribution in [3.05, 3.63) is 54.6 Å². The van der Waals surface area contributed by atoms with E-state index >= 15 is 0 Å². The highest BCUT2D eigenvalue weighted by Crippen LogP contribution is 2.30. The highest BCUT2D eigenvalue weighted by atomic mass is 32.2. The first-order valence-electron chi connectivity index (χ1n) is 8.40. The van der Waals surface area contributed by atoms with Crippen LogP contribution < -0.4 is 10.2 Å². The van der Waals surface area contributed by atoms with Crippen molar-refractivity contribution >= 4 is 51.7 Å². The summed E-state index contributed by atoms with van der Waals surface area (Å²) in [5.74, 6) is 1.75. The van der Waals surface area contributed by atoms with Crippen molar-refractivity contribution in [1.82, 2.24) is 5.32 Å². The molecule has 0 unspecified atom stereocenters. The molecule has 1 N–H and O–H groups in total. The number of thiocarbonyl (C=S) groups is 1. The molecule has 3 aromatic rings. The minimum atomic E-state index is -0.231. The van der Waals surface area contributed by atoms with Gasteiger partial charge in [0.1, 0.15) is 17.4 Å². The van der Waals surface area contributed by atoms with Crippen LogP contribution in [0.3, 0.4) is 0 Å². The molecule has 2 aromatic carbocycles. The quantitative estimate of drug-likeness (QED) is 0.661. The van der Waals surface area contributed by atoms with E-state index in [0.717, 1.165) is 40.2 Å². The van der Waals surface area contributed by atoms with E-state index in [4.69, 9.17) is 16.6 Å². The Balaban J connectivity index is 1.57. The number of thioether (sulfide) groups is 1. The van der Waals surface area contributed by atoms with Crippen molar-refractivity contribution in [2.75, 3.05) is 16.9 Å². The van der Waals surface area contributed by atoms with Gasteiger partial charge in [0, 0.05) is 10.9 Å². The second kappa shape index (κ2) is 7.13. The lowest BCUT2D eigenvalue weighted by Gasteiger charge is -2.15. The van der Waals surface area contributed by atoms with Crippen LogP contribution in [0, 0.1) is 0 Å². The smallest absolute Gasteiger partial charge is 0.255 e. The van der Waals surface area contributed by atoms with Crippen LogP contribution in [-0.2, 0) is 4.79 Å². The number of para-hydroxylation sites is 1. The van der Waals surface area contributed by atoms with Crippen molar-refractivity contribution in [1.29, 1.82) is 0 Å². The third kappa shape index (κ3) is 3.10. The van der Waals surface area contributed by atoms with E-state index in [1.165, 1.54) is 0 Å². The summed E-state index contributed by atoms with van der Waals surface area (Å²) in [5, 5.41) is 4.67. The molecule has 1 saturated heterocycles. The van der Waals surface area contributed by atoms with E-state index in [-0.39, 0.29) is 11.9 Å². The molecule has 6 heteroatoms. The van der Waals surface area contributed by atoms with Gasteiger partial charge in [0.25, 0.3) is 5.91 Å². The Hall–Kier alpha value is -2.31. The monoisotopic (exact) mass is 382 g/mol. The van der Waals surface area contributed by atoms with Gasteiger partial charge in [-0.05, 0) is 67.0 Å². The van der Waals surface area contributed by atoms with Gasteiger partial charge in [-0.15, -0.1) is 0 Å². The molecule has 4 nitrogen and oxygen atoms in total. The van der Waals surface area contributed by atoms with E-state index in [1.54, 1.807) is 16.7 Å². The predicted octanol–water partition coefficient (Wildman–Crippen LogP) is 4.44. The molecular formula is C20H18N2O2S2. The molecule has 0 radical (unpaired) electrons. The molecule has 1 aromatic heterocycles. The second-order valence-corrected chi connectivity index (χ2v) is 7.52. The summed E-state index contributed by atoms with van der Waals surface area (Å²) in [6, 6.07) is 17.4. The average molecular weight is 383 g/mol. The molecule has 1 atom stereocenters. The highest BCUT2D eigenvalue weighted by Gasteiger charge is 2.35. The number of benzene rings is 2. The number of nitrogens with one attached hydrogen (secondary N) is 1. The van der Waals surface area contributed by atoms with Crippen molar-refractivity contribution in [3.63, 3.8) is 0 Å². The van der Waals surface area contributed by atoms with Crippen molar-refractivity contribution in [2.45, 2.75) is 12.5 Å². The first-order chi connectivity index (χ1) is 12.7. The summed E-state index contributed by atoms with van der Waals surface area (Å²) < 4.78 is 5.90. The van der Waals surface area contributed by atoms with E-state index in [2.05, 4.69) is 5.32 Å².